The van der Waals surface area contributed by atoms with E-state index in [9.17, 15) is 22.4 Å². The fraction of sp³-hybridized carbons (Fsp3) is 0.576. The number of benzene rings is 2. The number of nitrogens with one attached hydrogen (secondary N) is 1. The van der Waals surface area contributed by atoms with Gasteiger partial charge < -0.3 is 10.2 Å². The summed E-state index contributed by atoms with van der Waals surface area (Å²) < 4.78 is 41.7. The second-order valence-corrected chi connectivity index (χ2v) is 14.9. The van der Waals surface area contributed by atoms with Crippen LogP contribution in [-0.2, 0) is 31.6 Å². The molecule has 6 rings (SSSR count). The van der Waals surface area contributed by atoms with Gasteiger partial charge in [-0.05, 0) is 98.8 Å². The standard InChI is InChI=1S/C33H44FN3O4S/c1-4-5-14-35-32(39)23(2)36(21-27-8-6-7-9-30(27)34)31(38)22-37(42(3,40)41)29-12-10-28(11-13-29)33-18-24-15-25(19-33)17-26(16-24)20-33/h6-13,23-26H,4-5,14-22H2,1-3H3,(H,35,39)/t23-,24?,25?,26?,33?/m1/s1. The first-order valence-electron chi connectivity index (χ1n) is 15.4. The minimum absolute atomic E-state index is 0.156. The topological polar surface area (TPSA) is 86.8 Å². The summed E-state index contributed by atoms with van der Waals surface area (Å²) in [7, 11) is -3.84. The molecule has 0 spiro atoms. The van der Waals surface area contributed by atoms with Gasteiger partial charge in [0.15, 0.2) is 0 Å². The normalized spacial score (nSPS) is 25.2. The third-order valence-electron chi connectivity index (χ3n) is 9.78. The summed E-state index contributed by atoms with van der Waals surface area (Å²) in [5, 5.41) is 2.84. The van der Waals surface area contributed by atoms with Crippen molar-refractivity contribution in [3.63, 3.8) is 0 Å². The van der Waals surface area contributed by atoms with E-state index in [0.717, 1.165) is 41.2 Å². The van der Waals surface area contributed by atoms with Gasteiger partial charge in [-0.15, -0.1) is 0 Å². The van der Waals surface area contributed by atoms with E-state index in [0.29, 0.717) is 12.2 Å². The van der Waals surface area contributed by atoms with Crippen molar-refractivity contribution in [2.45, 2.75) is 83.2 Å². The summed E-state index contributed by atoms with van der Waals surface area (Å²) in [4.78, 5) is 28.0. The molecular weight excluding hydrogens is 553 g/mol. The molecule has 4 fully saturated rings. The van der Waals surface area contributed by atoms with Crippen molar-refractivity contribution < 1.29 is 22.4 Å². The van der Waals surface area contributed by atoms with Gasteiger partial charge in [0.2, 0.25) is 21.8 Å². The minimum atomic E-state index is -3.84. The molecule has 0 heterocycles. The number of nitrogens with zero attached hydrogens (tertiary/aromatic N) is 2. The Bertz CT molecular complexity index is 1360. The van der Waals surface area contributed by atoms with E-state index in [4.69, 9.17) is 0 Å². The first-order chi connectivity index (χ1) is 20.0. The fourth-order valence-electron chi connectivity index (χ4n) is 7.99. The number of sulfonamides is 1. The number of hydrogen-bond donors (Lipinski definition) is 1. The van der Waals surface area contributed by atoms with Crippen molar-refractivity contribution in [3.8, 4) is 0 Å². The third-order valence-corrected chi connectivity index (χ3v) is 10.9. The molecule has 2 amide bonds. The molecule has 0 aliphatic heterocycles. The van der Waals surface area contributed by atoms with Crippen LogP contribution < -0.4 is 9.62 Å². The van der Waals surface area contributed by atoms with Crippen LogP contribution in [0.2, 0.25) is 0 Å². The van der Waals surface area contributed by atoms with Gasteiger partial charge >= 0.3 is 0 Å². The zero-order valence-corrected chi connectivity index (χ0v) is 25.8. The summed E-state index contributed by atoms with van der Waals surface area (Å²) >= 11 is 0. The number of carbonyl (C=O) groups excluding carboxylic acids is 2. The molecule has 2 aromatic rings. The fourth-order valence-corrected chi connectivity index (χ4v) is 8.84. The lowest BCUT2D eigenvalue weighted by atomic mass is 9.48. The number of unbranched alkanes of at least 4 members (excludes halogenated alkanes) is 1. The van der Waals surface area contributed by atoms with Gasteiger partial charge in [0.1, 0.15) is 18.4 Å². The maximum absolute atomic E-state index is 14.6. The summed E-state index contributed by atoms with van der Waals surface area (Å²) in [6, 6.07) is 12.9. The Labute approximate surface area is 249 Å². The molecule has 0 unspecified atom stereocenters. The second-order valence-electron chi connectivity index (χ2n) is 12.9. The third kappa shape index (κ3) is 6.51. The highest BCUT2D eigenvalue weighted by Gasteiger charge is 2.51. The highest BCUT2D eigenvalue weighted by atomic mass is 32.2. The Balaban J connectivity index is 1.37. The van der Waals surface area contributed by atoms with Crippen LogP contribution in [0.1, 0.15) is 76.3 Å². The van der Waals surface area contributed by atoms with Gasteiger partial charge in [-0.3, -0.25) is 13.9 Å². The van der Waals surface area contributed by atoms with Crippen LogP contribution in [-0.4, -0.2) is 50.5 Å². The van der Waals surface area contributed by atoms with Crippen LogP contribution in [0.3, 0.4) is 0 Å². The molecule has 4 aliphatic rings. The van der Waals surface area contributed by atoms with Gasteiger partial charge in [-0.1, -0.05) is 43.7 Å². The molecule has 2 aromatic carbocycles. The first kappa shape index (κ1) is 30.5. The predicted molar refractivity (Wildman–Crippen MR) is 163 cm³/mol. The van der Waals surface area contributed by atoms with Gasteiger partial charge in [0, 0.05) is 18.7 Å². The molecular formula is C33H44FN3O4S. The average Bonchev–Trinajstić information content (AvgIpc) is 2.94. The molecule has 1 N–H and O–H groups in total. The maximum Gasteiger partial charge on any atom is 0.244 e. The Morgan fingerprint density at radius 3 is 2.14 bits per heavy atom. The SMILES string of the molecule is CCCCNC(=O)[C@@H](C)N(Cc1ccccc1F)C(=O)CN(c1ccc(C23CC4CC(CC(C4)C2)C3)cc1)S(C)(=O)=O. The zero-order valence-electron chi connectivity index (χ0n) is 25.0. The highest BCUT2D eigenvalue weighted by Crippen LogP contribution is 2.60. The quantitative estimate of drug-likeness (QED) is 0.332. The van der Waals surface area contributed by atoms with Crippen LogP contribution in [0.5, 0.6) is 0 Å². The molecule has 1 atom stereocenters. The Kier molecular flexibility index (Phi) is 8.97. The smallest absolute Gasteiger partial charge is 0.244 e. The van der Waals surface area contributed by atoms with Gasteiger partial charge in [-0.2, -0.15) is 0 Å². The van der Waals surface area contributed by atoms with Crippen LogP contribution >= 0.6 is 0 Å². The largest absolute Gasteiger partial charge is 0.354 e. The van der Waals surface area contributed by atoms with Gasteiger partial charge in [-0.25, -0.2) is 12.8 Å². The van der Waals surface area contributed by atoms with Gasteiger partial charge in [0.05, 0.1) is 11.9 Å². The van der Waals surface area contributed by atoms with Crippen molar-refractivity contribution in [1.29, 1.82) is 0 Å². The number of rotatable bonds is 12. The molecule has 9 heteroatoms. The van der Waals surface area contributed by atoms with E-state index in [2.05, 4.69) is 5.32 Å². The van der Waals surface area contributed by atoms with Crippen LogP contribution in [0, 0.1) is 23.6 Å². The summed E-state index contributed by atoms with van der Waals surface area (Å²) in [6.45, 7) is 3.42. The van der Waals surface area contributed by atoms with E-state index in [-0.39, 0.29) is 23.4 Å². The van der Waals surface area contributed by atoms with E-state index in [1.54, 1.807) is 25.1 Å². The monoisotopic (exact) mass is 597 g/mol. The number of halogens is 1. The number of hydrogen-bond acceptors (Lipinski definition) is 4. The zero-order chi connectivity index (χ0) is 30.1. The number of anilines is 1. The molecule has 4 aliphatic carbocycles. The summed E-state index contributed by atoms with van der Waals surface area (Å²) in [5.41, 5.74) is 2.11. The number of carbonyl (C=O) groups is 2. The van der Waals surface area contributed by atoms with E-state index < -0.39 is 34.3 Å². The van der Waals surface area contributed by atoms with Gasteiger partial charge in [0.25, 0.3) is 0 Å². The lowest BCUT2D eigenvalue weighted by Gasteiger charge is -2.57. The molecule has 42 heavy (non-hydrogen) atoms. The van der Waals surface area contributed by atoms with Crippen molar-refractivity contribution in [3.05, 3.63) is 65.5 Å². The first-order valence-corrected chi connectivity index (χ1v) is 17.2. The Morgan fingerprint density at radius 1 is 1.00 bits per heavy atom. The molecule has 7 nitrogen and oxygen atoms in total. The van der Waals surface area contributed by atoms with Crippen molar-refractivity contribution in [2.75, 3.05) is 23.7 Å². The molecule has 0 aromatic heterocycles. The summed E-state index contributed by atoms with van der Waals surface area (Å²) in [5.74, 6) is 0.952. The van der Waals surface area contributed by atoms with E-state index in [1.165, 1.54) is 55.1 Å². The van der Waals surface area contributed by atoms with Crippen LogP contribution in [0.25, 0.3) is 0 Å². The van der Waals surface area contributed by atoms with E-state index in [1.807, 2.05) is 31.2 Å². The minimum Gasteiger partial charge on any atom is -0.354 e. The van der Waals surface area contributed by atoms with Crippen molar-refractivity contribution in [2.24, 2.45) is 17.8 Å². The highest BCUT2D eigenvalue weighted by molar-refractivity contribution is 7.92. The van der Waals surface area contributed by atoms with E-state index >= 15 is 0 Å². The summed E-state index contributed by atoms with van der Waals surface area (Å²) in [6.07, 6.45) is 10.4. The lowest BCUT2D eigenvalue weighted by Crippen LogP contribution is -2.51. The van der Waals surface area contributed by atoms with Crippen LogP contribution in [0.4, 0.5) is 10.1 Å². The molecule has 0 saturated heterocycles. The molecule has 0 radical (unpaired) electrons. The van der Waals surface area contributed by atoms with Crippen LogP contribution in [0.15, 0.2) is 48.5 Å². The number of amides is 2. The Morgan fingerprint density at radius 2 is 1.60 bits per heavy atom. The molecule has 228 valence electrons. The lowest BCUT2D eigenvalue weighted by molar-refractivity contribution is -0.139. The maximum atomic E-state index is 14.6. The average molecular weight is 598 g/mol. The van der Waals surface area contributed by atoms with Crippen molar-refractivity contribution >= 4 is 27.5 Å². The molecule has 4 bridgehead atoms. The second kappa shape index (κ2) is 12.3. The van der Waals surface area contributed by atoms with Crippen molar-refractivity contribution in [1.82, 2.24) is 10.2 Å². The molecule has 4 saturated carbocycles. The Hall–Kier alpha value is -2.94. The predicted octanol–water partition coefficient (Wildman–Crippen LogP) is 5.39.